The smallest absolute Gasteiger partial charge is 0.265 e. The number of aryl methyl sites for hydroxylation is 1. The normalized spacial score (nSPS) is 19.3. The molecule has 2 atom stereocenters. The third-order valence-corrected chi connectivity index (χ3v) is 5.98. The van der Waals surface area contributed by atoms with E-state index in [1.165, 1.54) is 11.3 Å². The minimum absolute atomic E-state index is 0.0728. The number of amides is 1. The number of nitrogens with two attached hydrogens (primary N) is 1. The highest BCUT2D eigenvalue weighted by molar-refractivity contribution is 7.17. The molecule has 1 amide bonds. The number of hydrogen-bond donors (Lipinski definition) is 1. The number of nitrogens with zero attached hydrogens (tertiary/aromatic N) is 2. The van der Waals surface area contributed by atoms with E-state index >= 15 is 0 Å². The second kappa shape index (κ2) is 7.21. The van der Waals surface area contributed by atoms with Gasteiger partial charge in [-0.15, -0.1) is 11.3 Å². The number of hydrogen-bond acceptors (Lipinski definition) is 4. The minimum Gasteiger partial charge on any atom is -0.338 e. The molecule has 0 aliphatic carbocycles. The summed E-state index contributed by atoms with van der Waals surface area (Å²) in [5, 5.41) is 1.50. The number of thiazole rings is 1. The van der Waals surface area contributed by atoms with E-state index < -0.39 is 0 Å². The topological polar surface area (TPSA) is 59.2 Å². The largest absolute Gasteiger partial charge is 0.338 e. The number of halogens is 1. The summed E-state index contributed by atoms with van der Waals surface area (Å²) in [4.78, 5) is 20.2. The molecule has 0 bridgehead atoms. The van der Waals surface area contributed by atoms with Gasteiger partial charge in [-0.2, -0.15) is 0 Å². The highest BCUT2D eigenvalue weighted by Crippen LogP contribution is 2.31. The Morgan fingerprint density at radius 2 is 2.29 bits per heavy atom. The maximum Gasteiger partial charge on any atom is 0.265 e. The lowest BCUT2D eigenvalue weighted by atomic mass is 9.92. The Hall–Kier alpha value is -1.43. The van der Waals surface area contributed by atoms with E-state index in [4.69, 9.17) is 17.3 Å². The molecule has 6 heteroatoms. The van der Waals surface area contributed by atoms with E-state index in [9.17, 15) is 4.79 Å². The summed E-state index contributed by atoms with van der Waals surface area (Å²) in [6, 6.07) is 7.69. The van der Waals surface area contributed by atoms with E-state index in [-0.39, 0.29) is 11.9 Å². The molecule has 1 aromatic heterocycles. The predicted octanol–water partition coefficient (Wildman–Crippen LogP) is 3.97. The van der Waals surface area contributed by atoms with E-state index in [0.717, 1.165) is 47.1 Å². The molecule has 2 aromatic rings. The van der Waals surface area contributed by atoms with E-state index in [1.807, 2.05) is 43.0 Å². The molecule has 1 aromatic carbocycles. The molecule has 0 saturated carbocycles. The van der Waals surface area contributed by atoms with Crippen LogP contribution in [0.5, 0.6) is 0 Å². The molecule has 1 fully saturated rings. The second-order valence-electron chi connectivity index (χ2n) is 6.46. The average Bonchev–Trinajstić information content (AvgIpc) is 2.96. The van der Waals surface area contributed by atoms with Gasteiger partial charge in [0, 0.05) is 29.7 Å². The lowest BCUT2D eigenvalue weighted by Crippen LogP contribution is -2.45. The molecule has 1 aliphatic heterocycles. The zero-order chi connectivity index (χ0) is 17.3. The zero-order valence-corrected chi connectivity index (χ0v) is 15.5. The summed E-state index contributed by atoms with van der Waals surface area (Å²) in [5.41, 5.74) is 7.76. The molecule has 128 valence electrons. The van der Waals surface area contributed by atoms with Crippen LogP contribution in [-0.4, -0.2) is 34.9 Å². The molecule has 0 spiro atoms. The fraction of sp³-hybridized carbons (Fsp3) is 0.444. The Balaban J connectivity index is 1.83. The predicted molar refractivity (Wildman–Crippen MR) is 99.6 cm³/mol. The van der Waals surface area contributed by atoms with Gasteiger partial charge >= 0.3 is 0 Å². The quantitative estimate of drug-likeness (QED) is 0.897. The summed E-state index contributed by atoms with van der Waals surface area (Å²) >= 11 is 7.50. The van der Waals surface area contributed by atoms with Crippen molar-refractivity contribution in [3.63, 3.8) is 0 Å². The standard InChI is InChI=1S/C18H22ClN3OS/c1-11(20)14-6-4-8-22(10-14)18(23)16-12(2)21-17(24-16)13-5-3-7-15(19)9-13/h3,5,7,9,11,14H,4,6,8,10,20H2,1-2H3/t11-,14-/m0/s1. The fourth-order valence-corrected chi connectivity index (χ4v) is 4.33. The van der Waals surface area contributed by atoms with Crippen LogP contribution in [-0.2, 0) is 0 Å². The van der Waals surface area contributed by atoms with E-state index in [2.05, 4.69) is 4.98 Å². The van der Waals surface area contributed by atoms with Crippen LogP contribution in [0.1, 0.15) is 35.1 Å². The van der Waals surface area contributed by atoms with Crippen LogP contribution in [0.3, 0.4) is 0 Å². The number of likely N-dealkylation sites (tertiary alicyclic amines) is 1. The molecule has 1 aliphatic rings. The molecule has 0 radical (unpaired) electrons. The van der Waals surface area contributed by atoms with Crippen molar-refractivity contribution >= 4 is 28.8 Å². The highest BCUT2D eigenvalue weighted by atomic mass is 35.5. The van der Waals surface area contributed by atoms with Crippen LogP contribution in [0.2, 0.25) is 5.02 Å². The fourth-order valence-electron chi connectivity index (χ4n) is 3.11. The maximum absolute atomic E-state index is 12.9. The Morgan fingerprint density at radius 1 is 1.50 bits per heavy atom. The SMILES string of the molecule is Cc1nc(-c2cccc(Cl)c2)sc1C(=O)N1CCC[C@H]([C@H](C)N)C1. The van der Waals surface area contributed by atoms with Gasteiger partial charge in [-0.25, -0.2) is 4.98 Å². The Morgan fingerprint density at radius 3 is 3.00 bits per heavy atom. The Bertz CT molecular complexity index is 744. The molecule has 24 heavy (non-hydrogen) atoms. The first-order valence-corrected chi connectivity index (χ1v) is 9.43. The number of benzene rings is 1. The monoisotopic (exact) mass is 363 g/mol. The number of carbonyl (C=O) groups is 1. The van der Waals surface area contributed by atoms with Gasteiger partial charge in [-0.1, -0.05) is 23.7 Å². The number of aromatic nitrogens is 1. The molecule has 1 saturated heterocycles. The molecule has 3 rings (SSSR count). The van der Waals surface area contributed by atoms with Gasteiger partial charge in [0.05, 0.1) is 5.69 Å². The summed E-state index contributed by atoms with van der Waals surface area (Å²) < 4.78 is 0. The number of carbonyl (C=O) groups excluding carboxylic acids is 1. The van der Waals surface area contributed by atoms with Crippen molar-refractivity contribution in [3.05, 3.63) is 39.9 Å². The van der Waals surface area contributed by atoms with Gasteiger partial charge in [-0.05, 0) is 44.7 Å². The zero-order valence-electron chi connectivity index (χ0n) is 14.0. The maximum atomic E-state index is 12.9. The summed E-state index contributed by atoms with van der Waals surface area (Å²) in [6.07, 6.45) is 2.10. The van der Waals surface area contributed by atoms with Gasteiger partial charge < -0.3 is 10.6 Å². The van der Waals surface area contributed by atoms with Crippen LogP contribution in [0.25, 0.3) is 10.6 Å². The van der Waals surface area contributed by atoms with Gasteiger partial charge in [0.25, 0.3) is 5.91 Å². The molecule has 0 unspecified atom stereocenters. The van der Waals surface area contributed by atoms with Gasteiger partial charge in [0.2, 0.25) is 0 Å². The van der Waals surface area contributed by atoms with Crippen LogP contribution >= 0.6 is 22.9 Å². The van der Waals surface area contributed by atoms with Crippen molar-refractivity contribution < 1.29 is 4.79 Å². The summed E-state index contributed by atoms with van der Waals surface area (Å²) in [7, 11) is 0. The summed E-state index contributed by atoms with van der Waals surface area (Å²) in [6.45, 7) is 5.45. The highest BCUT2D eigenvalue weighted by Gasteiger charge is 2.28. The van der Waals surface area contributed by atoms with Gasteiger partial charge in [0.15, 0.2) is 0 Å². The molecule has 2 heterocycles. The lowest BCUT2D eigenvalue weighted by Gasteiger charge is -2.34. The third-order valence-electron chi connectivity index (χ3n) is 4.55. The van der Waals surface area contributed by atoms with Gasteiger partial charge in [0.1, 0.15) is 9.88 Å². The number of piperidine rings is 1. The average molecular weight is 364 g/mol. The molecule has 4 nitrogen and oxygen atoms in total. The Kier molecular flexibility index (Phi) is 5.23. The van der Waals surface area contributed by atoms with Crippen molar-refractivity contribution in [3.8, 4) is 10.6 Å². The van der Waals surface area contributed by atoms with Crippen molar-refractivity contribution in [1.82, 2.24) is 9.88 Å². The number of rotatable bonds is 3. The molecule has 2 N–H and O–H groups in total. The minimum atomic E-state index is 0.0728. The molecular formula is C18H22ClN3OS. The Labute approximate surface area is 151 Å². The van der Waals surface area contributed by atoms with Crippen molar-refractivity contribution in [2.45, 2.75) is 32.7 Å². The lowest BCUT2D eigenvalue weighted by molar-refractivity contribution is 0.0665. The van der Waals surface area contributed by atoms with Crippen molar-refractivity contribution in [2.24, 2.45) is 11.7 Å². The van der Waals surface area contributed by atoms with Crippen LogP contribution < -0.4 is 5.73 Å². The molecular weight excluding hydrogens is 342 g/mol. The van der Waals surface area contributed by atoms with E-state index in [1.54, 1.807) is 0 Å². The summed E-state index contributed by atoms with van der Waals surface area (Å²) in [5.74, 6) is 0.451. The first-order valence-electron chi connectivity index (χ1n) is 8.24. The van der Waals surface area contributed by atoms with E-state index in [0.29, 0.717) is 10.9 Å². The second-order valence-corrected chi connectivity index (χ2v) is 7.89. The van der Waals surface area contributed by atoms with Crippen LogP contribution in [0.4, 0.5) is 0 Å². The first-order chi connectivity index (χ1) is 11.5. The first kappa shape index (κ1) is 17.4. The van der Waals surface area contributed by atoms with Crippen LogP contribution in [0, 0.1) is 12.8 Å². The van der Waals surface area contributed by atoms with Gasteiger partial charge in [-0.3, -0.25) is 4.79 Å². The van der Waals surface area contributed by atoms with Crippen molar-refractivity contribution in [1.29, 1.82) is 0 Å². The van der Waals surface area contributed by atoms with Crippen LogP contribution in [0.15, 0.2) is 24.3 Å². The van der Waals surface area contributed by atoms with Crippen molar-refractivity contribution in [2.75, 3.05) is 13.1 Å². The third kappa shape index (κ3) is 3.63.